The smallest absolute Gasteiger partial charge is 0.0434 e. The summed E-state index contributed by atoms with van der Waals surface area (Å²) >= 11 is 0. The van der Waals surface area contributed by atoms with E-state index in [0.29, 0.717) is 12.5 Å². The van der Waals surface area contributed by atoms with E-state index < -0.39 is 0 Å². The molecule has 1 fully saturated rings. The van der Waals surface area contributed by atoms with Crippen molar-refractivity contribution in [2.75, 3.05) is 32.8 Å². The van der Waals surface area contributed by atoms with Crippen LogP contribution >= 0.6 is 0 Å². The van der Waals surface area contributed by atoms with Gasteiger partial charge in [0.25, 0.3) is 0 Å². The molecular weight excluding hydrogens is 212 g/mol. The lowest BCUT2D eigenvalue weighted by atomic mass is 10.1. The summed E-state index contributed by atoms with van der Waals surface area (Å²) in [6.45, 7) is 15.1. The Balaban J connectivity index is 2.19. The largest absolute Gasteiger partial charge is 0.396 e. The molecule has 1 aliphatic rings. The highest BCUT2D eigenvalue weighted by atomic mass is 16.3. The van der Waals surface area contributed by atoms with Crippen LogP contribution in [0.3, 0.4) is 0 Å². The molecule has 0 saturated carbocycles. The van der Waals surface area contributed by atoms with Crippen molar-refractivity contribution in [3.63, 3.8) is 0 Å². The third-order valence-electron chi connectivity index (χ3n) is 3.22. The van der Waals surface area contributed by atoms with Gasteiger partial charge in [-0.25, -0.2) is 0 Å². The number of rotatable bonds is 6. The Morgan fingerprint density at radius 3 is 2.76 bits per heavy atom. The number of hydrogen-bond acceptors (Lipinski definition) is 3. The Labute approximate surface area is 106 Å². The molecule has 2 N–H and O–H groups in total. The molecule has 0 aromatic rings. The molecule has 1 heterocycles. The number of likely N-dealkylation sites (tertiary alicyclic amines) is 1. The van der Waals surface area contributed by atoms with Gasteiger partial charge in [0.05, 0.1) is 0 Å². The van der Waals surface area contributed by atoms with Crippen LogP contribution in [0.2, 0.25) is 0 Å². The van der Waals surface area contributed by atoms with Gasteiger partial charge in [-0.1, -0.05) is 6.58 Å². The van der Waals surface area contributed by atoms with E-state index >= 15 is 0 Å². The number of aliphatic hydroxyl groups excluding tert-OH is 1. The van der Waals surface area contributed by atoms with E-state index in [-0.39, 0.29) is 5.54 Å². The van der Waals surface area contributed by atoms with E-state index in [9.17, 15) is 0 Å². The van der Waals surface area contributed by atoms with Crippen LogP contribution < -0.4 is 5.32 Å². The molecule has 0 aromatic carbocycles. The summed E-state index contributed by atoms with van der Waals surface area (Å²) in [7, 11) is 0. The molecule has 0 bridgehead atoms. The number of nitrogens with zero attached hydrogens (tertiary/aromatic N) is 1. The van der Waals surface area contributed by atoms with Crippen molar-refractivity contribution < 1.29 is 5.11 Å². The van der Waals surface area contributed by atoms with Crippen molar-refractivity contribution in [1.82, 2.24) is 10.2 Å². The lowest BCUT2D eigenvalue weighted by Crippen LogP contribution is -2.38. The van der Waals surface area contributed by atoms with E-state index in [1.165, 1.54) is 12.0 Å². The standard InChI is InChI=1S/C14H28N2O/c1-12(9-15-14(2,3)4)10-16-7-5-13(11-16)6-8-17/h13,15,17H,1,5-11H2,2-4H3. The molecule has 1 unspecified atom stereocenters. The SMILES string of the molecule is C=C(CNC(C)(C)C)CN1CCC(CCO)C1. The minimum absolute atomic E-state index is 0.160. The molecule has 17 heavy (non-hydrogen) atoms. The van der Waals surface area contributed by atoms with Crippen molar-refractivity contribution in [3.05, 3.63) is 12.2 Å². The van der Waals surface area contributed by atoms with Gasteiger partial charge >= 0.3 is 0 Å². The summed E-state index contributed by atoms with van der Waals surface area (Å²) in [6.07, 6.45) is 2.17. The molecule has 3 nitrogen and oxygen atoms in total. The van der Waals surface area contributed by atoms with Crippen LogP contribution in [0.4, 0.5) is 0 Å². The van der Waals surface area contributed by atoms with Crippen LogP contribution in [-0.4, -0.2) is 48.3 Å². The molecule has 100 valence electrons. The van der Waals surface area contributed by atoms with Crippen molar-refractivity contribution in [3.8, 4) is 0 Å². The second-order valence-electron chi connectivity index (χ2n) is 6.26. The molecule has 1 saturated heterocycles. The highest BCUT2D eigenvalue weighted by Gasteiger charge is 2.22. The van der Waals surface area contributed by atoms with E-state index in [1.807, 2.05) is 0 Å². The van der Waals surface area contributed by atoms with Gasteiger partial charge in [-0.2, -0.15) is 0 Å². The Hall–Kier alpha value is -0.380. The highest BCUT2D eigenvalue weighted by molar-refractivity contribution is 5.02. The maximum Gasteiger partial charge on any atom is 0.0434 e. The Morgan fingerprint density at radius 1 is 1.47 bits per heavy atom. The third-order valence-corrected chi connectivity index (χ3v) is 3.22. The normalized spacial score (nSPS) is 22.0. The molecule has 0 spiro atoms. The van der Waals surface area contributed by atoms with Gasteiger partial charge in [-0.3, -0.25) is 4.90 Å². The van der Waals surface area contributed by atoms with Crippen LogP contribution in [0.15, 0.2) is 12.2 Å². The average Bonchev–Trinajstić information content (AvgIpc) is 2.62. The molecule has 0 aromatic heterocycles. The molecule has 0 aliphatic carbocycles. The van der Waals surface area contributed by atoms with Gasteiger partial charge in [0, 0.05) is 31.8 Å². The molecule has 3 heteroatoms. The Morgan fingerprint density at radius 2 is 2.18 bits per heavy atom. The molecule has 1 atom stereocenters. The van der Waals surface area contributed by atoms with Gasteiger partial charge in [0.2, 0.25) is 0 Å². The molecular formula is C14H28N2O. The molecule has 0 radical (unpaired) electrons. The number of aliphatic hydroxyl groups is 1. The second kappa shape index (κ2) is 6.53. The summed E-state index contributed by atoms with van der Waals surface area (Å²) in [6, 6.07) is 0. The fourth-order valence-electron chi connectivity index (χ4n) is 2.24. The van der Waals surface area contributed by atoms with Crippen LogP contribution in [0, 0.1) is 5.92 Å². The van der Waals surface area contributed by atoms with E-state index in [4.69, 9.17) is 5.11 Å². The van der Waals surface area contributed by atoms with Gasteiger partial charge in [-0.05, 0) is 51.6 Å². The van der Waals surface area contributed by atoms with E-state index in [1.54, 1.807) is 0 Å². The lowest BCUT2D eigenvalue weighted by Gasteiger charge is -2.23. The summed E-state index contributed by atoms with van der Waals surface area (Å²) in [5.74, 6) is 0.684. The van der Waals surface area contributed by atoms with Crippen molar-refractivity contribution in [2.24, 2.45) is 5.92 Å². The Kier molecular flexibility index (Phi) is 5.63. The maximum absolute atomic E-state index is 8.92. The van der Waals surface area contributed by atoms with Crippen molar-refractivity contribution in [1.29, 1.82) is 0 Å². The maximum atomic E-state index is 8.92. The fraction of sp³-hybridized carbons (Fsp3) is 0.857. The minimum Gasteiger partial charge on any atom is -0.396 e. The number of hydrogen-bond donors (Lipinski definition) is 2. The Bertz CT molecular complexity index is 245. The van der Waals surface area contributed by atoms with Crippen LogP contribution in [-0.2, 0) is 0 Å². The summed E-state index contributed by atoms with van der Waals surface area (Å²) in [4.78, 5) is 2.45. The molecule has 0 amide bonds. The lowest BCUT2D eigenvalue weighted by molar-refractivity contribution is 0.253. The monoisotopic (exact) mass is 240 g/mol. The molecule has 1 aliphatic heterocycles. The summed E-state index contributed by atoms with van der Waals surface area (Å²) in [5, 5.41) is 12.4. The number of nitrogens with one attached hydrogen (secondary N) is 1. The second-order valence-corrected chi connectivity index (χ2v) is 6.26. The van der Waals surface area contributed by atoms with Crippen molar-refractivity contribution >= 4 is 0 Å². The predicted molar refractivity (Wildman–Crippen MR) is 73.1 cm³/mol. The zero-order chi connectivity index (χ0) is 12.9. The first-order chi connectivity index (χ1) is 7.90. The van der Waals surface area contributed by atoms with Crippen LogP contribution in [0.25, 0.3) is 0 Å². The molecule has 1 rings (SSSR count). The first-order valence-corrected chi connectivity index (χ1v) is 6.65. The van der Waals surface area contributed by atoms with Crippen molar-refractivity contribution in [2.45, 2.75) is 39.2 Å². The predicted octanol–water partition coefficient (Wildman–Crippen LogP) is 1.63. The first-order valence-electron chi connectivity index (χ1n) is 6.65. The topological polar surface area (TPSA) is 35.5 Å². The third kappa shape index (κ3) is 6.20. The van der Waals surface area contributed by atoms with E-state index in [2.05, 4.69) is 37.6 Å². The first kappa shape index (κ1) is 14.7. The average molecular weight is 240 g/mol. The summed E-state index contributed by atoms with van der Waals surface area (Å²) in [5.41, 5.74) is 1.41. The quantitative estimate of drug-likeness (QED) is 0.693. The summed E-state index contributed by atoms with van der Waals surface area (Å²) < 4.78 is 0. The van der Waals surface area contributed by atoms with Gasteiger partial charge in [0.15, 0.2) is 0 Å². The zero-order valence-corrected chi connectivity index (χ0v) is 11.6. The van der Waals surface area contributed by atoms with Crippen LogP contribution in [0.5, 0.6) is 0 Å². The van der Waals surface area contributed by atoms with E-state index in [0.717, 1.165) is 32.6 Å². The van der Waals surface area contributed by atoms with Gasteiger partial charge < -0.3 is 10.4 Å². The fourth-order valence-corrected chi connectivity index (χ4v) is 2.24. The van der Waals surface area contributed by atoms with Gasteiger partial charge in [0.1, 0.15) is 0 Å². The van der Waals surface area contributed by atoms with Gasteiger partial charge in [-0.15, -0.1) is 0 Å². The van der Waals surface area contributed by atoms with Crippen LogP contribution in [0.1, 0.15) is 33.6 Å². The highest BCUT2D eigenvalue weighted by Crippen LogP contribution is 2.19. The minimum atomic E-state index is 0.160. The zero-order valence-electron chi connectivity index (χ0n) is 11.6.